The van der Waals surface area contributed by atoms with Crippen LogP contribution in [0.15, 0.2) is 49.1 Å². The molecule has 1 unspecified atom stereocenters. The molecule has 1 heterocycles. The number of methoxy groups -OCH3 is 2. The average molecular weight is 380 g/mol. The summed E-state index contributed by atoms with van der Waals surface area (Å²) in [6.45, 7) is 3.89. The van der Waals surface area contributed by atoms with Crippen LogP contribution in [-0.2, 0) is 0 Å². The number of hydrogen-bond donors (Lipinski definition) is 0. The number of rotatable bonds is 6. The van der Waals surface area contributed by atoms with E-state index in [9.17, 15) is 4.79 Å². The maximum Gasteiger partial charge on any atom is 0.254 e. The Morgan fingerprint density at radius 3 is 2.21 bits per heavy atom. The van der Waals surface area contributed by atoms with Crippen LogP contribution in [0.1, 0.15) is 34.5 Å². The minimum Gasteiger partial charge on any atom is -0.496 e. The van der Waals surface area contributed by atoms with E-state index in [4.69, 9.17) is 9.47 Å². The summed E-state index contributed by atoms with van der Waals surface area (Å²) in [6.07, 6.45) is 3.14. The van der Waals surface area contributed by atoms with Crippen molar-refractivity contribution < 1.29 is 14.3 Å². The molecule has 0 aliphatic heterocycles. The highest BCUT2D eigenvalue weighted by Crippen LogP contribution is 2.31. The van der Waals surface area contributed by atoms with Crippen molar-refractivity contribution in [1.29, 1.82) is 0 Å². The summed E-state index contributed by atoms with van der Waals surface area (Å²) in [5.41, 5.74) is 3.31. The van der Waals surface area contributed by atoms with E-state index in [2.05, 4.69) is 10.1 Å². The van der Waals surface area contributed by atoms with Gasteiger partial charge in [0, 0.05) is 18.2 Å². The minimum atomic E-state index is -0.115. The number of aromatic nitrogens is 3. The van der Waals surface area contributed by atoms with Crippen molar-refractivity contribution in [3.8, 4) is 17.2 Å². The average Bonchev–Trinajstić information content (AvgIpc) is 3.27. The number of nitrogens with zero attached hydrogens (tertiary/aromatic N) is 4. The normalized spacial score (nSPS) is 11.8. The van der Waals surface area contributed by atoms with E-state index in [0.717, 1.165) is 16.8 Å². The van der Waals surface area contributed by atoms with Gasteiger partial charge >= 0.3 is 0 Å². The van der Waals surface area contributed by atoms with Crippen LogP contribution in [0.5, 0.6) is 11.5 Å². The Morgan fingerprint density at radius 1 is 1.11 bits per heavy atom. The highest BCUT2D eigenvalue weighted by Gasteiger charge is 2.21. The third-order valence-electron chi connectivity index (χ3n) is 4.96. The molecule has 7 nitrogen and oxygen atoms in total. The molecule has 0 N–H and O–H groups in total. The van der Waals surface area contributed by atoms with E-state index in [1.54, 1.807) is 49.3 Å². The van der Waals surface area contributed by atoms with Crippen molar-refractivity contribution in [2.75, 3.05) is 21.3 Å². The van der Waals surface area contributed by atoms with E-state index in [1.165, 1.54) is 6.33 Å². The number of amides is 1. The maximum absolute atomic E-state index is 13.1. The molecule has 1 atom stereocenters. The summed E-state index contributed by atoms with van der Waals surface area (Å²) >= 11 is 0. The van der Waals surface area contributed by atoms with Crippen molar-refractivity contribution >= 4 is 5.91 Å². The van der Waals surface area contributed by atoms with Gasteiger partial charge in [0.15, 0.2) is 0 Å². The van der Waals surface area contributed by atoms with Gasteiger partial charge in [-0.1, -0.05) is 12.1 Å². The highest BCUT2D eigenvalue weighted by molar-refractivity contribution is 5.95. The van der Waals surface area contributed by atoms with E-state index in [1.807, 2.05) is 38.1 Å². The largest absolute Gasteiger partial charge is 0.496 e. The second-order valence-corrected chi connectivity index (χ2v) is 6.53. The summed E-state index contributed by atoms with van der Waals surface area (Å²) in [5, 5.41) is 4.12. The van der Waals surface area contributed by atoms with Crippen molar-refractivity contribution in [1.82, 2.24) is 19.7 Å². The SMILES string of the molecule is COc1cc(C(=O)N(C)C(C)c2ccc(-n3cncn3)cc2)cc(OC)c1C. The molecule has 0 aliphatic rings. The molecule has 3 aromatic rings. The van der Waals surface area contributed by atoms with Crippen LogP contribution in [0, 0.1) is 6.92 Å². The van der Waals surface area contributed by atoms with Gasteiger partial charge in [0.2, 0.25) is 0 Å². The predicted molar refractivity (Wildman–Crippen MR) is 106 cm³/mol. The zero-order valence-corrected chi connectivity index (χ0v) is 16.7. The Morgan fingerprint density at radius 2 is 1.71 bits per heavy atom. The number of carbonyl (C=O) groups is 1. The van der Waals surface area contributed by atoms with E-state index >= 15 is 0 Å². The number of hydrogen-bond acceptors (Lipinski definition) is 5. The third-order valence-corrected chi connectivity index (χ3v) is 4.96. The van der Waals surface area contributed by atoms with Crippen LogP contribution >= 0.6 is 0 Å². The monoisotopic (exact) mass is 380 g/mol. The molecule has 146 valence electrons. The minimum absolute atomic E-state index is 0.107. The fourth-order valence-corrected chi connectivity index (χ4v) is 3.06. The lowest BCUT2D eigenvalue weighted by Gasteiger charge is -2.26. The molecule has 2 aromatic carbocycles. The van der Waals surface area contributed by atoms with Crippen LogP contribution in [0.25, 0.3) is 5.69 Å². The molecular weight excluding hydrogens is 356 g/mol. The van der Waals surface area contributed by atoms with Gasteiger partial charge in [-0.15, -0.1) is 0 Å². The molecule has 0 spiro atoms. The fourth-order valence-electron chi connectivity index (χ4n) is 3.06. The number of ether oxygens (including phenoxy) is 2. The van der Waals surface area contributed by atoms with Crippen molar-refractivity contribution in [2.24, 2.45) is 0 Å². The van der Waals surface area contributed by atoms with Gasteiger partial charge in [0.05, 0.1) is 25.9 Å². The smallest absolute Gasteiger partial charge is 0.254 e. The van der Waals surface area contributed by atoms with Gasteiger partial charge < -0.3 is 14.4 Å². The first kappa shape index (κ1) is 19.4. The molecule has 0 bridgehead atoms. The van der Waals surface area contributed by atoms with Gasteiger partial charge in [-0.05, 0) is 43.7 Å². The number of benzene rings is 2. The molecule has 0 radical (unpaired) electrons. The quantitative estimate of drug-likeness (QED) is 0.655. The maximum atomic E-state index is 13.1. The Kier molecular flexibility index (Phi) is 5.63. The molecule has 7 heteroatoms. The third kappa shape index (κ3) is 3.69. The molecule has 0 saturated heterocycles. The van der Waals surface area contributed by atoms with Crippen LogP contribution in [0.4, 0.5) is 0 Å². The van der Waals surface area contributed by atoms with Crippen molar-refractivity contribution in [3.63, 3.8) is 0 Å². The zero-order valence-electron chi connectivity index (χ0n) is 16.7. The first-order chi connectivity index (χ1) is 13.5. The Labute approximate surface area is 164 Å². The highest BCUT2D eigenvalue weighted by atomic mass is 16.5. The molecule has 1 aromatic heterocycles. The summed E-state index contributed by atoms with van der Waals surface area (Å²) in [4.78, 5) is 18.7. The molecule has 0 aliphatic carbocycles. The predicted octanol–water partition coefficient (Wildman–Crippen LogP) is 3.43. The van der Waals surface area contributed by atoms with Crippen LogP contribution in [0.3, 0.4) is 0 Å². The van der Waals surface area contributed by atoms with Crippen molar-refractivity contribution in [3.05, 3.63) is 65.7 Å². The molecule has 28 heavy (non-hydrogen) atoms. The van der Waals surface area contributed by atoms with Crippen LogP contribution < -0.4 is 9.47 Å². The first-order valence-electron chi connectivity index (χ1n) is 8.91. The lowest BCUT2D eigenvalue weighted by atomic mass is 10.0. The standard InChI is InChI=1S/C21H24N4O3/c1-14-19(27-4)10-17(11-20(14)28-5)21(26)24(3)15(2)16-6-8-18(9-7-16)25-13-22-12-23-25/h6-13,15H,1-5H3. The molecule has 0 saturated carbocycles. The topological polar surface area (TPSA) is 69.5 Å². The Bertz CT molecular complexity index is 927. The van der Waals surface area contributed by atoms with E-state index < -0.39 is 0 Å². The second-order valence-electron chi connectivity index (χ2n) is 6.53. The summed E-state index contributed by atoms with van der Waals surface area (Å²) < 4.78 is 12.5. The van der Waals surface area contributed by atoms with Crippen LogP contribution in [-0.4, -0.2) is 46.8 Å². The van der Waals surface area contributed by atoms with E-state index in [-0.39, 0.29) is 11.9 Å². The van der Waals surface area contributed by atoms with Crippen molar-refractivity contribution in [2.45, 2.75) is 19.9 Å². The number of carbonyl (C=O) groups excluding carboxylic acids is 1. The Hall–Kier alpha value is -3.35. The lowest BCUT2D eigenvalue weighted by Crippen LogP contribution is -2.29. The molecule has 3 rings (SSSR count). The van der Waals surface area contributed by atoms with Gasteiger partial charge in [0.1, 0.15) is 24.2 Å². The van der Waals surface area contributed by atoms with Gasteiger partial charge in [-0.3, -0.25) is 4.79 Å². The molecular formula is C21H24N4O3. The summed E-state index contributed by atoms with van der Waals surface area (Å²) in [6, 6.07) is 11.3. The fraction of sp³-hybridized carbons (Fsp3) is 0.286. The summed E-state index contributed by atoms with van der Waals surface area (Å²) in [5.74, 6) is 1.14. The van der Waals surface area contributed by atoms with Crippen LogP contribution in [0.2, 0.25) is 0 Å². The zero-order chi connectivity index (χ0) is 20.3. The van der Waals surface area contributed by atoms with Gasteiger partial charge in [-0.25, -0.2) is 9.67 Å². The van der Waals surface area contributed by atoms with Gasteiger partial charge in [-0.2, -0.15) is 5.10 Å². The van der Waals surface area contributed by atoms with E-state index in [0.29, 0.717) is 17.1 Å². The lowest BCUT2D eigenvalue weighted by molar-refractivity contribution is 0.0742. The second kappa shape index (κ2) is 8.12. The molecule has 0 fully saturated rings. The first-order valence-corrected chi connectivity index (χ1v) is 8.91. The Balaban J connectivity index is 1.83. The molecule has 1 amide bonds. The summed E-state index contributed by atoms with van der Waals surface area (Å²) in [7, 11) is 4.95. The van der Waals surface area contributed by atoms with Gasteiger partial charge in [0.25, 0.3) is 5.91 Å².